The molecule has 0 heterocycles. The van der Waals surface area contributed by atoms with E-state index >= 15 is 0 Å². The van der Waals surface area contributed by atoms with Gasteiger partial charge in [0.25, 0.3) is 0 Å². The van der Waals surface area contributed by atoms with Crippen LogP contribution in [-0.4, -0.2) is 60.8 Å². The van der Waals surface area contributed by atoms with Crippen LogP contribution >= 0.6 is 0 Å². The zero-order chi connectivity index (χ0) is 41.5. The fraction of sp³-hybridized carbons (Fsp3) is 0.960. The normalized spacial score (nSPS) is 12.6. The van der Waals surface area contributed by atoms with Gasteiger partial charge in [0.15, 0.2) is 0 Å². The molecule has 0 radical (unpaired) electrons. The van der Waals surface area contributed by atoms with Crippen molar-refractivity contribution in [2.75, 3.05) is 26.4 Å². The summed E-state index contributed by atoms with van der Waals surface area (Å²) in [6, 6.07) is 0. The minimum absolute atomic E-state index is 0.0586. The van der Waals surface area contributed by atoms with Crippen molar-refractivity contribution in [1.29, 1.82) is 0 Å². The third-order valence-corrected chi connectivity index (χ3v) is 11.5. The van der Waals surface area contributed by atoms with Crippen LogP contribution in [0.5, 0.6) is 0 Å². The number of aliphatic hydroxyl groups excluding tert-OH is 2. The molecule has 7 heteroatoms. The molecule has 0 amide bonds. The molecule has 0 spiro atoms. The first kappa shape index (κ1) is 55.8. The van der Waals surface area contributed by atoms with E-state index < -0.39 is 12.2 Å². The van der Waals surface area contributed by atoms with Crippen LogP contribution < -0.4 is 0 Å². The highest BCUT2D eigenvalue weighted by Crippen LogP contribution is 2.17. The summed E-state index contributed by atoms with van der Waals surface area (Å²) in [5.74, 6) is -0.587. The van der Waals surface area contributed by atoms with Gasteiger partial charge in [-0.25, -0.2) is 0 Å². The summed E-state index contributed by atoms with van der Waals surface area (Å²) in [6.45, 7) is 4.20. The average molecular weight is 811 g/mol. The molecule has 0 aliphatic rings. The van der Waals surface area contributed by atoms with Crippen molar-refractivity contribution in [2.24, 2.45) is 0 Å². The van der Waals surface area contributed by atoms with E-state index in [-0.39, 0.29) is 38.4 Å². The predicted octanol–water partition coefficient (Wildman–Crippen LogP) is 14.5. The number of hydrogen-bond acceptors (Lipinski definition) is 7. The van der Waals surface area contributed by atoms with E-state index in [1.807, 2.05) is 0 Å². The molecule has 2 atom stereocenters. The molecule has 0 aromatic carbocycles. The third-order valence-electron chi connectivity index (χ3n) is 11.5. The molecule has 0 unspecified atom stereocenters. The van der Waals surface area contributed by atoms with E-state index in [2.05, 4.69) is 13.8 Å². The van der Waals surface area contributed by atoms with Gasteiger partial charge in [-0.1, -0.05) is 245 Å². The summed E-state index contributed by atoms with van der Waals surface area (Å²) in [5.41, 5.74) is 0. The standard InChI is InChI=1S/C50H98O7/c1-3-5-7-9-11-13-15-17-19-21-23-25-27-29-31-33-35-37-39-41-49(53)56-45-47(51)43-55-44-48(52)46-57-50(54)42-40-38-36-34-32-30-28-26-24-22-20-18-16-14-12-10-8-6-4-2/h47-48,51-52H,3-46H2,1-2H3/t47-,48+. The van der Waals surface area contributed by atoms with E-state index in [1.165, 1.54) is 205 Å². The molecule has 57 heavy (non-hydrogen) atoms. The van der Waals surface area contributed by atoms with Crippen LogP contribution in [0.4, 0.5) is 0 Å². The number of carbonyl (C=O) groups is 2. The zero-order valence-electron chi connectivity index (χ0n) is 38.2. The molecule has 0 rings (SSSR count). The van der Waals surface area contributed by atoms with Crippen molar-refractivity contribution in [3.63, 3.8) is 0 Å². The molecule has 2 N–H and O–H groups in total. The summed E-state index contributed by atoms with van der Waals surface area (Å²) < 4.78 is 15.7. The Balaban J connectivity index is 3.41. The lowest BCUT2D eigenvalue weighted by Crippen LogP contribution is -2.28. The number of ether oxygens (including phenoxy) is 3. The summed E-state index contributed by atoms with van der Waals surface area (Å²) in [5, 5.41) is 20.2. The molecule has 0 aliphatic carbocycles. The molecule has 0 aliphatic heterocycles. The molecule has 0 aromatic rings. The minimum Gasteiger partial charge on any atom is -0.463 e. The second kappa shape index (κ2) is 47.5. The van der Waals surface area contributed by atoms with Gasteiger partial charge < -0.3 is 24.4 Å². The first-order valence-electron chi connectivity index (χ1n) is 25.2. The van der Waals surface area contributed by atoms with E-state index in [4.69, 9.17) is 14.2 Å². The summed E-state index contributed by atoms with van der Waals surface area (Å²) in [4.78, 5) is 24.1. The SMILES string of the molecule is CCCCCCCCCCCCCCCCCCCCCC(=O)OC[C@H](O)COC[C@H](O)COC(=O)CCCCCCCCCCCCCCCCCCCCC. The zero-order valence-corrected chi connectivity index (χ0v) is 38.2. The molecule has 0 saturated carbocycles. The molecule has 0 bridgehead atoms. The lowest BCUT2D eigenvalue weighted by Gasteiger charge is -2.15. The van der Waals surface area contributed by atoms with Crippen molar-refractivity contribution in [3.05, 3.63) is 0 Å². The third kappa shape index (κ3) is 47.4. The van der Waals surface area contributed by atoms with Gasteiger partial charge in [0.1, 0.15) is 25.4 Å². The molecular formula is C50H98O7. The molecule has 0 fully saturated rings. The smallest absolute Gasteiger partial charge is 0.305 e. The van der Waals surface area contributed by atoms with Crippen LogP contribution in [0.3, 0.4) is 0 Å². The maximum Gasteiger partial charge on any atom is 0.305 e. The van der Waals surface area contributed by atoms with Gasteiger partial charge in [0, 0.05) is 12.8 Å². The molecular weight excluding hydrogens is 713 g/mol. The van der Waals surface area contributed by atoms with E-state index in [1.54, 1.807) is 0 Å². The van der Waals surface area contributed by atoms with Crippen molar-refractivity contribution < 1.29 is 34.0 Å². The van der Waals surface area contributed by atoms with Crippen LogP contribution in [0.1, 0.15) is 271 Å². The maximum atomic E-state index is 12.0. The van der Waals surface area contributed by atoms with Gasteiger partial charge in [0.05, 0.1) is 13.2 Å². The van der Waals surface area contributed by atoms with E-state index in [9.17, 15) is 19.8 Å². The first-order valence-corrected chi connectivity index (χ1v) is 25.2. The summed E-state index contributed by atoms with van der Waals surface area (Å²) >= 11 is 0. The Morgan fingerprint density at radius 3 is 0.719 bits per heavy atom. The minimum atomic E-state index is -0.955. The Kier molecular flexibility index (Phi) is 46.5. The Hall–Kier alpha value is -1.18. The largest absolute Gasteiger partial charge is 0.463 e. The Morgan fingerprint density at radius 2 is 0.509 bits per heavy atom. The number of esters is 2. The number of carbonyl (C=O) groups excluding carboxylic acids is 2. The predicted molar refractivity (Wildman–Crippen MR) is 241 cm³/mol. The Labute approximate surface area is 354 Å². The highest BCUT2D eigenvalue weighted by Gasteiger charge is 2.13. The lowest BCUT2D eigenvalue weighted by atomic mass is 10.0. The second-order valence-electron chi connectivity index (χ2n) is 17.4. The van der Waals surface area contributed by atoms with Gasteiger partial charge in [-0.3, -0.25) is 9.59 Å². The van der Waals surface area contributed by atoms with Gasteiger partial charge >= 0.3 is 11.9 Å². The topological polar surface area (TPSA) is 102 Å². The summed E-state index contributed by atoms with van der Waals surface area (Å²) in [6.07, 6.45) is 48.9. The van der Waals surface area contributed by atoms with Crippen molar-refractivity contribution >= 4 is 11.9 Å². The fourth-order valence-corrected chi connectivity index (χ4v) is 7.65. The van der Waals surface area contributed by atoms with Crippen LogP contribution in [0, 0.1) is 0 Å². The van der Waals surface area contributed by atoms with E-state index in [0.29, 0.717) is 12.8 Å². The van der Waals surface area contributed by atoms with Crippen molar-refractivity contribution in [1.82, 2.24) is 0 Å². The molecule has 340 valence electrons. The van der Waals surface area contributed by atoms with Gasteiger partial charge in [-0.05, 0) is 12.8 Å². The van der Waals surface area contributed by atoms with Crippen molar-refractivity contribution in [3.8, 4) is 0 Å². The highest BCUT2D eigenvalue weighted by molar-refractivity contribution is 5.69. The van der Waals surface area contributed by atoms with Gasteiger partial charge in [-0.2, -0.15) is 0 Å². The highest BCUT2D eigenvalue weighted by atomic mass is 16.6. The van der Waals surface area contributed by atoms with Gasteiger partial charge in [-0.15, -0.1) is 0 Å². The van der Waals surface area contributed by atoms with Gasteiger partial charge in [0.2, 0.25) is 0 Å². The molecule has 7 nitrogen and oxygen atoms in total. The maximum absolute atomic E-state index is 12.0. The van der Waals surface area contributed by atoms with Crippen LogP contribution in [0.25, 0.3) is 0 Å². The Bertz CT molecular complexity index is 742. The van der Waals surface area contributed by atoms with E-state index in [0.717, 1.165) is 38.5 Å². The van der Waals surface area contributed by atoms with Crippen molar-refractivity contribution in [2.45, 2.75) is 283 Å². The molecule has 0 aromatic heterocycles. The monoisotopic (exact) mass is 811 g/mol. The average Bonchev–Trinajstić information content (AvgIpc) is 3.21. The van der Waals surface area contributed by atoms with Crippen LogP contribution in [0.15, 0.2) is 0 Å². The number of unbranched alkanes of at least 4 members (excludes halogenated alkanes) is 36. The Morgan fingerprint density at radius 1 is 0.316 bits per heavy atom. The molecule has 0 saturated heterocycles. The number of aliphatic hydroxyl groups is 2. The second-order valence-corrected chi connectivity index (χ2v) is 17.4. The lowest BCUT2D eigenvalue weighted by molar-refractivity contribution is -0.149. The number of rotatable bonds is 48. The number of hydrogen-bond donors (Lipinski definition) is 2. The first-order chi connectivity index (χ1) is 28.0. The quantitative estimate of drug-likeness (QED) is 0.0466. The fourth-order valence-electron chi connectivity index (χ4n) is 7.65. The summed E-state index contributed by atoms with van der Waals surface area (Å²) in [7, 11) is 0. The van der Waals surface area contributed by atoms with Crippen LogP contribution in [-0.2, 0) is 23.8 Å². The van der Waals surface area contributed by atoms with Crippen LogP contribution in [0.2, 0.25) is 0 Å².